The lowest BCUT2D eigenvalue weighted by molar-refractivity contribution is 0.146. The highest BCUT2D eigenvalue weighted by Gasteiger charge is 2.27. The highest BCUT2D eigenvalue weighted by molar-refractivity contribution is 6.30. The molecule has 0 aliphatic heterocycles. The van der Waals surface area contributed by atoms with Crippen LogP contribution in [0.4, 0.5) is 16.2 Å². The average molecular weight is 520 g/mol. The average Bonchev–Trinajstić information content (AvgIpc) is 2.86. The maximum Gasteiger partial charge on any atom is 0.417 e. The number of anilines is 2. The third-order valence-corrected chi connectivity index (χ3v) is 6.54. The first kappa shape index (κ1) is 26.3. The van der Waals surface area contributed by atoms with Gasteiger partial charge in [-0.25, -0.2) is 4.79 Å². The zero-order chi connectivity index (χ0) is 26.0. The van der Waals surface area contributed by atoms with Crippen LogP contribution in [0.15, 0.2) is 66.7 Å². The van der Waals surface area contributed by atoms with Gasteiger partial charge in [-0.3, -0.25) is 5.32 Å². The molecule has 0 heterocycles. The number of amides is 1. The van der Waals surface area contributed by atoms with Gasteiger partial charge < -0.3 is 19.1 Å². The Kier molecular flexibility index (Phi) is 9.25. The van der Waals surface area contributed by atoms with Crippen LogP contribution in [0.3, 0.4) is 0 Å². The van der Waals surface area contributed by atoms with E-state index in [1.54, 1.807) is 31.4 Å². The molecule has 1 aliphatic carbocycles. The number of carbonyl (C=O) groups excluding carboxylic acids is 1. The lowest BCUT2D eigenvalue weighted by Gasteiger charge is -2.40. The van der Waals surface area contributed by atoms with E-state index in [1.807, 2.05) is 42.5 Å². The summed E-state index contributed by atoms with van der Waals surface area (Å²) in [7, 11) is 1.65. The van der Waals surface area contributed by atoms with Crippen molar-refractivity contribution in [1.29, 1.82) is 5.26 Å². The van der Waals surface area contributed by atoms with E-state index in [0.29, 0.717) is 48.7 Å². The fraction of sp³-hybridized carbons (Fsp3) is 0.310. The molecule has 0 unspecified atom stereocenters. The molecular weight excluding hydrogens is 490 g/mol. The largest absolute Gasteiger partial charge is 0.491 e. The topological polar surface area (TPSA) is 83.8 Å². The van der Waals surface area contributed by atoms with Gasteiger partial charge in [-0.1, -0.05) is 29.8 Å². The van der Waals surface area contributed by atoms with Gasteiger partial charge in [-0.2, -0.15) is 5.26 Å². The molecule has 0 aromatic heterocycles. The van der Waals surface area contributed by atoms with Crippen molar-refractivity contribution in [1.82, 2.24) is 0 Å². The van der Waals surface area contributed by atoms with E-state index in [0.717, 1.165) is 35.4 Å². The minimum absolute atomic E-state index is 0.329. The van der Waals surface area contributed by atoms with Gasteiger partial charge in [0.2, 0.25) is 0 Å². The molecular formula is C29H30ClN3O4. The van der Waals surface area contributed by atoms with Gasteiger partial charge in [0, 0.05) is 42.2 Å². The van der Waals surface area contributed by atoms with Crippen LogP contribution in [-0.4, -0.2) is 32.5 Å². The van der Waals surface area contributed by atoms with Gasteiger partial charge in [0.05, 0.1) is 19.1 Å². The lowest BCUT2D eigenvalue weighted by Crippen LogP contribution is -2.40. The van der Waals surface area contributed by atoms with E-state index in [1.165, 1.54) is 6.42 Å². The SMILES string of the molecule is COCCOc1ccc(CC#N)c(N(Cc2ccc(NC(=O)Oc3ccc(Cl)cc3)cc2)C2CCC2)c1. The number of nitrogens with zero attached hydrogens (tertiary/aromatic N) is 2. The van der Waals surface area contributed by atoms with Crippen molar-refractivity contribution in [3.8, 4) is 17.6 Å². The lowest BCUT2D eigenvalue weighted by atomic mass is 9.90. The maximum atomic E-state index is 12.3. The van der Waals surface area contributed by atoms with Crippen LogP contribution in [0, 0.1) is 11.3 Å². The van der Waals surface area contributed by atoms with E-state index in [-0.39, 0.29) is 0 Å². The van der Waals surface area contributed by atoms with E-state index in [2.05, 4.69) is 16.3 Å². The van der Waals surface area contributed by atoms with Gasteiger partial charge in [0.15, 0.2) is 0 Å². The molecule has 0 bridgehead atoms. The number of methoxy groups -OCH3 is 1. The van der Waals surface area contributed by atoms with Crippen LogP contribution in [-0.2, 0) is 17.7 Å². The van der Waals surface area contributed by atoms with Crippen LogP contribution < -0.4 is 19.7 Å². The van der Waals surface area contributed by atoms with E-state index in [9.17, 15) is 10.1 Å². The number of halogens is 1. The van der Waals surface area contributed by atoms with Gasteiger partial charge in [0.25, 0.3) is 0 Å². The standard InChI is InChI=1S/C29H30ClN3O4/c1-35-17-18-36-27-12-7-22(15-16-31)28(19-27)33(25-3-2-4-25)20-21-5-10-24(11-6-21)32-29(34)37-26-13-8-23(30)9-14-26/h5-14,19,25H,2-4,15,17-18,20H2,1H3,(H,32,34). The molecule has 1 aliphatic rings. The predicted molar refractivity (Wildman–Crippen MR) is 144 cm³/mol. The van der Waals surface area contributed by atoms with Gasteiger partial charge >= 0.3 is 6.09 Å². The van der Waals surface area contributed by atoms with Crippen LogP contribution in [0.1, 0.15) is 30.4 Å². The maximum absolute atomic E-state index is 12.3. The molecule has 0 saturated heterocycles. The predicted octanol–water partition coefficient (Wildman–Crippen LogP) is 6.60. The summed E-state index contributed by atoms with van der Waals surface area (Å²) in [6, 6.07) is 22.9. The van der Waals surface area contributed by atoms with Gasteiger partial charge in [0.1, 0.15) is 18.1 Å². The second-order valence-corrected chi connectivity index (χ2v) is 9.28. The molecule has 7 nitrogen and oxygen atoms in total. The fourth-order valence-corrected chi connectivity index (χ4v) is 4.26. The number of benzene rings is 3. The zero-order valence-electron chi connectivity index (χ0n) is 20.8. The summed E-state index contributed by atoms with van der Waals surface area (Å²) in [4.78, 5) is 14.6. The van der Waals surface area contributed by atoms with E-state index in [4.69, 9.17) is 25.8 Å². The molecule has 3 aromatic rings. The number of nitrogens with one attached hydrogen (secondary N) is 1. The van der Waals surface area contributed by atoms with Crippen molar-refractivity contribution >= 4 is 29.1 Å². The quantitative estimate of drug-likeness (QED) is 0.287. The second kappa shape index (κ2) is 13.0. The number of carbonyl (C=O) groups is 1. The minimum atomic E-state index is -0.572. The Bertz CT molecular complexity index is 1220. The highest BCUT2D eigenvalue weighted by Crippen LogP contribution is 2.35. The van der Waals surface area contributed by atoms with Crippen molar-refractivity contribution in [3.05, 3.63) is 82.9 Å². The first-order valence-corrected chi connectivity index (χ1v) is 12.6. The molecule has 4 rings (SSSR count). The number of nitriles is 1. The summed E-state index contributed by atoms with van der Waals surface area (Å²) >= 11 is 5.87. The van der Waals surface area contributed by atoms with Crippen molar-refractivity contribution in [2.24, 2.45) is 0 Å². The summed E-state index contributed by atoms with van der Waals surface area (Å²) in [5, 5.41) is 12.7. The van der Waals surface area contributed by atoms with Gasteiger partial charge in [-0.05, 0) is 72.9 Å². The first-order valence-electron chi connectivity index (χ1n) is 12.3. The third kappa shape index (κ3) is 7.39. The van der Waals surface area contributed by atoms with Crippen molar-refractivity contribution < 1.29 is 19.0 Å². The molecule has 3 aromatic carbocycles. The summed E-state index contributed by atoms with van der Waals surface area (Å²) < 4.78 is 16.3. The molecule has 0 atom stereocenters. The van der Waals surface area contributed by atoms with Crippen molar-refractivity contribution in [3.63, 3.8) is 0 Å². The Balaban J connectivity index is 1.46. The summed E-state index contributed by atoms with van der Waals surface area (Å²) in [5.74, 6) is 1.17. The van der Waals surface area contributed by atoms with Crippen LogP contribution in [0.2, 0.25) is 5.02 Å². The molecule has 0 spiro atoms. The zero-order valence-corrected chi connectivity index (χ0v) is 21.5. The molecule has 37 heavy (non-hydrogen) atoms. The number of hydrogen-bond donors (Lipinski definition) is 1. The Hall–Kier alpha value is -3.73. The molecule has 1 saturated carbocycles. The molecule has 1 amide bonds. The number of rotatable bonds is 11. The van der Waals surface area contributed by atoms with E-state index < -0.39 is 6.09 Å². The van der Waals surface area contributed by atoms with Crippen molar-refractivity contribution in [2.45, 2.75) is 38.3 Å². The molecule has 192 valence electrons. The molecule has 0 radical (unpaired) electrons. The Morgan fingerprint density at radius 3 is 2.43 bits per heavy atom. The first-order chi connectivity index (χ1) is 18.1. The third-order valence-electron chi connectivity index (χ3n) is 6.28. The fourth-order valence-electron chi connectivity index (χ4n) is 4.13. The number of ether oxygens (including phenoxy) is 3. The van der Waals surface area contributed by atoms with Gasteiger partial charge in [-0.15, -0.1) is 0 Å². The molecule has 1 fully saturated rings. The normalized spacial score (nSPS) is 12.8. The minimum Gasteiger partial charge on any atom is -0.491 e. The van der Waals surface area contributed by atoms with Crippen LogP contribution >= 0.6 is 11.6 Å². The van der Waals surface area contributed by atoms with Crippen molar-refractivity contribution in [2.75, 3.05) is 30.5 Å². The van der Waals surface area contributed by atoms with Crippen LogP contribution in [0.25, 0.3) is 0 Å². The van der Waals surface area contributed by atoms with Crippen LogP contribution in [0.5, 0.6) is 11.5 Å². The molecule has 1 N–H and O–H groups in total. The Morgan fingerprint density at radius 2 is 1.78 bits per heavy atom. The summed E-state index contributed by atoms with van der Waals surface area (Å²) in [6.45, 7) is 1.65. The second-order valence-electron chi connectivity index (χ2n) is 8.84. The number of hydrogen-bond acceptors (Lipinski definition) is 6. The summed E-state index contributed by atoms with van der Waals surface area (Å²) in [5.41, 5.74) is 3.74. The molecule has 8 heteroatoms. The Morgan fingerprint density at radius 1 is 1.05 bits per heavy atom. The highest BCUT2D eigenvalue weighted by atomic mass is 35.5. The monoisotopic (exact) mass is 519 g/mol. The Labute approximate surface area is 222 Å². The summed E-state index contributed by atoms with van der Waals surface area (Å²) in [6.07, 6.45) is 3.17. The van der Waals surface area contributed by atoms with E-state index >= 15 is 0 Å². The smallest absolute Gasteiger partial charge is 0.417 e.